The molecule has 0 unspecified atom stereocenters. The molecule has 3 aromatic rings. The Morgan fingerprint density at radius 1 is 1.17 bits per heavy atom. The maximum Gasteiger partial charge on any atom is 0.255 e. The van der Waals surface area contributed by atoms with Crippen LogP contribution in [-0.2, 0) is 6.54 Å². The topological polar surface area (TPSA) is 46.9 Å². The summed E-state index contributed by atoms with van der Waals surface area (Å²) in [5.74, 6) is -0.0794. The van der Waals surface area contributed by atoms with Crippen LogP contribution in [0.2, 0.25) is 0 Å². The fraction of sp³-hybridized carbons (Fsp3) is 0.158. The molecule has 0 bridgehead atoms. The normalized spacial score (nSPS) is 10.5. The van der Waals surface area contributed by atoms with E-state index >= 15 is 0 Å². The lowest BCUT2D eigenvalue weighted by atomic mass is 10.0. The predicted octanol–water partition coefficient (Wildman–Crippen LogP) is 3.80. The van der Waals surface area contributed by atoms with Crippen molar-refractivity contribution in [2.75, 3.05) is 5.32 Å². The quantitative estimate of drug-likeness (QED) is 0.797. The van der Waals surface area contributed by atoms with Gasteiger partial charge in [0.2, 0.25) is 0 Å². The van der Waals surface area contributed by atoms with Crippen LogP contribution in [0.3, 0.4) is 0 Å². The second-order valence-electron chi connectivity index (χ2n) is 5.66. The summed E-state index contributed by atoms with van der Waals surface area (Å²) in [6.45, 7) is 4.61. The molecule has 1 amide bonds. The van der Waals surface area contributed by atoms with E-state index in [4.69, 9.17) is 0 Å². The number of nitrogens with zero attached hydrogens (tertiary/aromatic N) is 2. The lowest BCUT2D eigenvalue weighted by Crippen LogP contribution is -2.15. The van der Waals surface area contributed by atoms with E-state index in [9.17, 15) is 4.79 Å². The number of nitrogens with one attached hydrogen (secondary N) is 1. The van der Waals surface area contributed by atoms with E-state index < -0.39 is 0 Å². The van der Waals surface area contributed by atoms with Gasteiger partial charge in [-0.05, 0) is 37.1 Å². The van der Waals surface area contributed by atoms with Crippen LogP contribution in [0.4, 0.5) is 5.69 Å². The third-order valence-corrected chi connectivity index (χ3v) is 3.82. The zero-order chi connectivity index (χ0) is 16.2. The van der Waals surface area contributed by atoms with Gasteiger partial charge in [0.15, 0.2) is 0 Å². The Labute approximate surface area is 135 Å². The van der Waals surface area contributed by atoms with E-state index in [1.165, 1.54) is 0 Å². The molecule has 0 fully saturated rings. The summed E-state index contributed by atoms with van der Waals surface area (Å²) in [5, 5.41) is 3.03. The minimum Gasteiger partial charge on any atom is -0.333 e. The number of amides is 1. The van der Waals surface area contributed by atoms with Gasteiger partial charge in [-0.15, -0.1) is 0 Å². The molecule has 0 atom stereocenters. The second-order valence-corrected chi connectivity index (χ2v) is 5.66. The SMILES string of the molecule is Cc1ccc(C)c(C(=O)Nc2ccccc2Cn2ccnc2)c1. The monoisotopic (exact) mass is 305 g/mol. The summed E-state index contributed by atoms with van der Waals surface area (Å²) in [6, 6.07) is 13.7. The molecule has 2 aromatic carbocycles. The number of aromatic nitrogens is 2. The average Bonchev–Trinajstić information content (AvgIpc) is 3.04. The van der Waals surface area contributed by atoms with Crippen molar-refractivity contribution in [3.63, 3.8) is 0 Å². The molecule has 0 aliphatic heterocycles. The number of hydrogen-bond donors (Lipinski definition) is 1. The first kappa shape index (κ1) is 15.0. The first-order valence-corrected chi connectivity index (χ1v) is 7.56. The number of rotatable bonds is 4. The predicted molar refractivity (Wildman–Crippen MR) is 91.6 cm³/mol. The van der Waals surface area contributed by atoms with Crippen molar-refractivity contribution in [1.29, 1.82) is 0 Å². The molecule has 1 aromatic heterocycles. The van der Waals surface area contributed by atoms with Crippen LogP contribution in [0.1, 0.15) is 27.0 Å². The molecule has 23 heavy (non-hydrogen) atoms. The third kappa shape index (κ3) is 3.48. The number of para-hydroxylation sites is 1. The lowest BCUT2D eigenvalue weighted by Gasteiger charge is -2.13. The smallest absolute Gasteiger partial charge is 0.255 e. The number of imidazole rings is 1. The van der Waals surface area contributed by atoms with Crippen molar-refractivity contribution < 1.29 is 4.79 Å². The molecule has 3 rings (SSSR count). The number of hydrogen-bond acceptors (Lipinski definition) is 2. The highest BCUT2D eigenvalue weighted by molar-refractivity contribution is 6.05. The molecule has 0 radical (unpaired) electrons. The average molecular weight is 305 g/mol. The summed E-state index contributed by atoms with van der Waals surface area (Å²) in [7, 11) is 0. The molecule has 0 saturated carbocycles. The molecular weight excluding hydrogens is 286 g/mol. The zero-order valence-electron chi connectivity index (χ0n) is 13.3. The molecular formula is C19H19N3O. The molecule has 1 N–H and O–H groups in total. The lowest BCUT2D eigenvalue weighted by molar-refractivity contribution is 0.102. The molecule has 0 spiro atoms. The van der Waals surface area contributed by atoms with Gasteiger partial charge in [-0.25, -0.2) is 4.98 Å². The Hall–Kier alpha value is -2.88. The van der Waals surface area contributed by atoms with Crippen LogP contribution in [0.5, 0.6) is 0 Å². The first-order chi connectivity index (χ1) is 11.1. The number of carbonyl (C=O) groups excluding carboxylic acids is 1. The summed E-state index contributed by atoms with van der Waals surface area (Å²) in [6.07, 6.45) is 5.42. The molecule has 1 heterocycles. The molecule has 0 aliphatic carbocycles. The van der Waals surface area contributed by atoms with Gasteiger partial charge >= 0.3 is 0 Å². The summed E-state index contributed by atoms with van der Waals surface area (Å²) >= 11 is 0. The second kappa shape index (κ2) is 6.48. The number of benzene rings is 2. The summed E-state index contributed by atoms with van der Waals surface area (Å²) in [5.41, 5.74) is 4.63. The van der Waals surface area contributed by atoms with Gasteiger partial charge < -0.3 is 9.88 Å². The molecule has 4 nitrogen and oxygen atoms in total. The van der Waals surface area contributed by atoms with E-state index in [1.807, 2.05) is 67.1 Å². The Kier molecular flexibility index (Phi) is 4.24. The van der Waals surface area contributed by atoms with Gasteiger partial charge in [-0.3, -0.25) is 4.79 Å². The van der Waals surface area contributed by atoms with Crippen molar-refractivity contribution in [3.8, 4) is 0 Å². The van der Waals surface area contributed by atoms with Crippen LogP contribution in [0, 0.1) is 13.8 Å². The zero-order valence-corrected chi connectivity index (χ0v) is 13.3. The number of anilines is 1. The minimum absolute atomic E-state index is 0.0794. The highest BCUT2D eigenvalue weighted by Crippen LogP contribution is 2.19. The summed E-state index contributed by atoms with van der Waals surface area (Å²) in [4.78, 5) is 16.7. The minimum atomic E-state index is -0.0794. The van der Waals surface area contributed by atoms with Crippen molar-refractivity contribution in [2.24, 2.45) is 0 Å². The van der Waals surface area contributed by atoms with Crippen LogP contribution in [0.25, 0.3) is 0 Å². The van der Waals surface area contributed by atoms with Crippen molar-refractivity contribution in [2.45, 2.75) is 20.4 Å². The maximum atomic E-state index is 12.6. The van der Waals surface area contributed by atoms with Gasteiger partial charge in [-0.1, -0.05) is 35.9 Å². The van der Waals surface area contributed by atoms with Crippen molar-refractivity contribution in [3.05, 3.63) is 83.4 Å². The summed E-state index contributed by atoms with van der Waals surface area (Å²) < 4.78 is 1.98. The van der Waals surface area contributed by atoms with Gasteiger partial charge in [-0.2, -0.15) is 0 Å². The number of aryl methyl sites for hydroxylation is 2. The van der Waals surface area contributed by atoms with Crippen LogP contribution in [0.15, 0.2) is 61.2 Å². The largest absolute Gasteiger partial charge is 0.333 e. The standard InChI is InChI=1S/C19H19N3O/c1-14-7-8-15(2)17(11-14)19(23)21-18-6-4-3-5-16(18)12-22-10-9-20-13-22/h3-11,13H,12H2,1-2H3,(H,21,23). The fourth-order valence-corrected chi connectivity index (χ4v) is 2.53. The van der Waals surface area contributed by atoms with Crippen LogP contribution < -0.4 is 5.32 Å². The highest BCUT2D eigenvalue weighted by atomic mass is 16.1. The van der Waals surface area contributed by atoms with Gasteiger partial charge in [0.25, 0.3) is 5.91 Å². The number of carbonyl (C=O) groups is 1. The Balaban J connectivity index is 1.85. The van der Waals surface area contributed by atoms with Gasteiger partial charge in [0.05, 0.1) is 12.9 Å². The van der Waals surface area contributed by atoms with E-state index in [0.717, 1.165) is 22.4 Å². The fourth-order valence-electron chi connectivity index (χ4n) is 2.53. The molecule has 0 aliphatic rings. The van der Waals surface area contributed by atoms with Crippen LogP contribution in [-0.4, -0.2) is 15.5 Å². The molecule has 116 valence electrons. The van der Waals surface area contributed by atoms with Gasteiger partial charge in [0.1, 0.15) is 0 Å². The molecule has 0 saturated heterocycles. The van der Waals surface area contributed by atoms with Gasteiger partial charge in [0, 0.05) is 23.6 Å². The van der Waals surface area contributed by atoms with Crippen LogP contribution >= 0.6 is 0 Å². The van der Waals surface area contributed by atoms with E-state index in [2.05, 4.69) is 10.3 Å². The van der Waals surface area contributed by atoms with E-state index in [1.54, 1.807) is 12.5 Å². The Bertz CT molecular complexity index is 822. The third-order valence-electron chi connectivity index (χ3n) is 3.82. The molecule has 4 heteroatoms. The van der Waals surface area contributed by atoms with E-state index in [-0.39, 0.29) is 5.91 Å². The highest BCUT2D eigenvalue weighted by Gasteiger charge is 2.11. The maximum absolute atomic E-state index is 12.6. The van der Waals surface area contributed by atoms with Crippen molar-refractivity contribution >= 4 is 11.6 Å². The Morgan fingerprint density at radius 3 is 2.78 bits per heavy atom. The van der Waals surface area contributed by atoms with Crippen molar-refractivity contribution in [1.82, 2.24) is 9.55 Å². The Morgan fingerprint density at radius 2 is 2.00 bits per heavy atom. The van der Waals surface area contributed by atoms with E-state index in [0.29, 0.717) is 12.1 Å². The first-order valence-electron chi connectivity index (χ1n) is 7.56.